The van der Waals surface area contributed by atoms with Crippen LogP contribution in [-0.4, -0.2) is 29.8 Å². The fourth-order valence-corrected chi connectivity index (χ4v) is 2.34. The molecule has 17 heavy (non-hydrogen) atoms. The third kappa shape index (κ3) is 2.18. The average Bonchev–Trinajstić information content (AvgIpc) is 2.68. The van der Waals surface area contributed by atoms with Crippen LogP contribution in [0.4, 0.5) is 0 Å². The molecule has 1 aromatic carbocycles. The van der Waals surface area contributed by atoms with Gasteiger partial charge < -0.3 is 9.80 Å². The van der Waals surface area contributed by atoms with Crippen molar-refractivity contribution in [3.8, 4) is 0 Å². The van der Waals surface area contributed by atoms with E-state index in [0.29, 0.717) is 6.54 Å². The highest BCUT2D eigenvalue weighted by atomic mass is 16.1. The lowest BCUT2D eigenvalue weighted by molar-refractivity contribution is -0.120. The largest absolute Gasteiger partial charge is 0.353 e. The Morgan fingerprint density at radius 2 is 2.06 bits per heavy atom. The van der Waals surface area contributed by atoms with Gasteiger partial charge in [0, 0.05) is 12.7 Å². The minimum absolute atomic E-state index is 0.0338. The van der Waals surface area contributed by atoms with Crippen molar-refractivity contribution in [2.75, 3.05) is 13.6 Å². The Morgan fingerprint density at radius 1 is 1.35 bits per heavy atom. The van der Waals surface area contributed by atoms with Gasteiger partial charge in [-0.1, -0.05) is 43.3 Å². The van der Waals surface area contributed by atoms with Gasteiger partial charge in [0.2, 0.25) is 6.41 Å². The zero-order valence-corrected chi connectivity index (χ0v) is 10.3. The molecule has 0 N–H and O–H groups in total. The fraction of sp³-hybridized carbons (Fsp3) is 0.357. The normalized spacial score (nSPS) is 22.2. The van der Waals surface area contributed by atoms with E-state index < -0.39 is 0 Å². The van der Waals surface area contributed by atoms with E-state index in [2.05, 4.69) is 30.0 Å². The van der Waals surface area contributed by atoms with Crippen LogP contribution in [0.15, 0.2) is 42.1 Å². The van der Waals surface area contributed by atoms with Gasteiger partial charge in [-0.3, -0.25) is 4.79 Å². The van der Waals surface area contributed by atoms with Gasteiger partial charge in [0.15, 0.2) is 0 Å². The molecule has 0 bridgehead atoms. The third-order valence-corrected chi connectivity index (χ3v) is 3.15. The van der Waals surface area contributed by atoms with Gasteiger partial charge in [0.1, 0.15) is 6.17 Å². The van der Waals surface area contributed by atoms with Crippen LogP contribution in [0.2, 0.25) is 0 Å². The average molecular weight is 230 g/mol. The van der Waals surface area contributed by atoms with Crippen molar-refractivity contribution in [2.24, 2.45) is 0 Å². The van der Waals surface area contributed by atoms with Gasteiger partial charge >= 0.3 is 0 Å². The highest BCUT2D eigenvalue weighted by molar-refractivity contribution is 5.51. The summed E-state index contributed by atoms with van der Waals surface area (Å²) in [6.07, 6.45) is 4.14. The van der Waals surface area contributed by atoms with E-state index >= 15 is 0 Å². The monoisotopic (exact) mass is 230 g/mol. The standard InChI is InChI=1S/C14H18N2O/c1-3-7-13-10-16(11-17)14(15(13)2)12-8-5-4-6-9-12/h4-9,11,14H,3,10H2,1-2H3/b13-7+. The number of allylic oxidation sites excluding steroid dienone is 1. The SMILES string of the molecule is CC/C=C1\CN(C=O)C(c2ccccc2)N1C. The van der Waals surface area contributed by atoms with Gasteiger partial charge in [-0.25, -0.2) is 0 Å². The first-order valence-corrected chi connectivity index (χ1v) is 5.95. The Hall–Kier alpha value is -1.77. The maximum absolute atomic E-state index is 11.2. The van der Waals surface area contributed by atoms with E-state index in [-0.39, 0.29) is 6.17 Å². The third-order valence-electron chi connectivity index (χ3n) is 3.15. The molecule has 0 aliphatic carbocycles. The maximum Gasteiger partial charge on any atom is 0.211 e. The van der Waals surface area contributed by atoms with Crippen molar-refractivity contribution in [3.63, 3.8) is 0 Å². The van der Waals surface area contributed by atoms with Crippen molar-refractivity contribution in [1.29, 1.82) is 0 Å². The molecule has 0 radical (unpaired) electrons. The van der Waals surface area contributed by atoms with E-state index in [1.807, 2.05) is 30.1 Å². The van der Waals surface area contributed by atoms with E-state index in [9.17, 15) is 4.79 Å². The molecule has 3 heteroatoms. The second-order valence-electron chi connectivity index (χ2n) is 4.28. The van der Waals surface area contributed by atoms with Crippen LogP contribution in [0.5, 0.6) is 0 Å². The number of carbonyl (C=O) groups is 1. The summed E-state index contributed by atoms with van der Waals surface area (Å²) in [5, 5.41) is 0. The molecule has 90 valence electrons. The number of hydrogen-bond acceptors (Lipinski definition) is 2. The van der Waals surface area contributed by atoms with Crippen molar-refractivity contribution in [1.82, 2.24) is 9.80 Å². The van der Waals surface area contributed by atoms with Gasteiger partial charge in [-0.05, 0) is 12.0 Å². The molecule has 0 spiro atoms. The molecular formula is C14H18N2O. The first kappa shape index (κ1) is 11.7. The van der Waals surface area contributed by atoms with Crippen LogP contribution in [0.25, 0.3) is 0 Å². The summed E-state index contributed by atoms with van der Waals surface area (Å²) < 4.78 is 0. The number of hydrogen-bond donors (Lipinski definition) is 0. The second-order valence-corrected chi connectivity index (χ2v) is 4.28. The molecule has 1 fully saturated rings. The van der Waals surface area contributed by atoms with E-state index in [1.165, 1.54) is 5.70 Å². The molecule has 1 unspecified atom stereocenters. The summed E-state index contributed by atoms with van der Waals surface area (Å²) >= 11 is 0. The Labute approximate surface area is 102 Å². The highest BCUT2D eigenvalue weighted by Crippen LogP contribution is 2.32. The first-order chi connectivity index (χ1) is 8.27. The first-order valence-electron chi connectivity index (χ1n) is 5.95. The van der Waals surface area contributed by atoms with Crippen molar-refractivity contribution >= 4 is 6.41 Å². The zero-order chi connectivity index (χ0) is 12.3. The van der Waals surface area contributed by atoms with E-state index in [4.69, 9.17) is 0 Å². The van der Waals surface area contributed by atoms with Gasteiger partial charge in [0.05, 0.1) is 6.54 Å². The summed E-state index contributed by atoms with van der Waals surface area (Å²) in [5.41, 5.74) is 2.37. The van der Waals surface area contributed by atoms with Crippen LogP contribution in [-0.2, 0) is 4.79 Å². The Morgan fingerprint density at radius 3 is 2.65 bits per heavy atom. The molecule has 1 atom stereocenters. The number of benzene rings is 1. The molecule has 1 aliphatic rings. The van der Waals surface area contributed by atoms with E-state index in [1.54, 1.807) is 0 Å². The smallest absolute Gasteiger partial charge is 0.211 e. The van der Waals surface area contributed by atoms with Crippen molar-refractivity contribution in [3.05, 3.63) is 47.7 Å². The Kier molecular flexibility index (Phi) is 3.47. The van der Waals surface area contributed by atoms with Crippen LogP contribution in [0, 0.1) is 0 Å². The lowest BCUT2D eigenvalue weighted by atomic mass is 10.1. The number of carbonyl (C=O) groups excluding carboxylic acids is 1. The molecule has 1 aromatic rings. The molecule has 1 aliphatic heterocycles. The maximum atomic E-state index is 11.2. The molecule has 0 aromatic heterocycles. The zero-order valence-electron chi connectivity index (χ0n) is 10.3. The molecule has 1 saturated heterocycles. The van der Waals surface area contributed by atoms with Gasteiger partial charge in [-0.2, -0.15) is 0 Å². The minimum atomic E-state index is 0.0338. The summed E-state index contributed by atoms with van der Waals surface area (Å²) in [4.78, 5) is 15.2. The topological polar surface area (TPSA) is 23.6 Å². The van der Waals surface area contributed by atoms with Crippen molar-refractivity contribution < 1.29 is 4.79 Å². The van der Waals surface area contributed by atoms with Crippen molar-refractivity contribution in [2.45, 2.75) is 19.5 Å². The lowest BCUT2D eigenvalue weighted by Gasteiger charge is -2.26. The van der Waals surface area contributed by atoms with Gasteiger partial charge in [0.25, 0.3) is 0 Å². The van der Waals surface area contributed by atoms with E-state index in [0.717, 1.165) is 18.4 Å². The van der Waals surface area contributed by atoms with Crippen LogP contribution in [0.1, 0.15) is 25.1 Å². The Balaban J connectivity index is 2.32. The molecule has 1 amide bonds. The number of nitrogens with zero attached hydrogens (tertiary/aromatic N) is 2. The van der Waals surface area contributed by atoms with Crippen LogP contribution >= 0.6 is 0 Å². The Bertz CT molecular complexity index is 413. The lowest BCUT2D eigenvalue weighted by Crippen LogP contribution is -2.27. The molecular weight excluding hydrogens is 212 g/mol. The van der Waals surface area contributed by atoms with Gasteiger partial charge in [-0.15, -0.1) is 0 Å². The summed E-state index contributed by atoms with van der Waals surface area (Å²) in [6.45, 7) is 2.81. The second kappa shape index (κ2) is 5.04. The molecule has 1 heterocycles. The minimum Gasteiger partial charge on any atom is -0.353 e. The molecule has 2 rings (SSSR count). The summed E-state index contributed by atoms with van der Waals surface area (Å²) in [6, 6.07) is 10.1. The number of amides is 1. The predicted molar refractivity (Wildman–Crippen MR) is 68.1 cm³/mol. The summed E-state index contributed by atoms with van der Waals surface area (Å²) in [7, 11) is 2.04. The van der Waals surface area contributed by atoms with Crippen LogP contribution < -0.4 is 0 Å². The number of rotatable bonds is 3. The fourth-order valence-electron chi connectivity index (χ4n) is 2.34. The van der Waals surface area contributed by atoms with Crippen LogP contribution in [0.3, 0.4) is 0 Å². The molecule has 0 saturated carbocycles. The predicted octanol–water partition coefficient (Wildman–Crippen LogP) is 2.38. The summed E-state index contributed by atoms with van der Waals surface area (Å²) in [5.74, 6) is 0. The highest BCUT2D eigenvalue weighted by Gasteiger charge is 2.32. The molecule has 3 nitrogen and oxygen atoms in total. The number of likely N-dealkylation sites (N-methyl/N-ethyl adjacent to an activating group) is 1. The quantitative estimate of drug-likeness (QED) is 0.744.